The molecule has 168 valence electrons. The van der Waals surface area contributed by atoms with E-state index in [-0.39, 0.29) is 27.9 Å². The Labute approximate surface area is 185 Å². The van der Waals surface area contributed by atoms with Crippen LogP contribution in [-0.2, 0) is 16.1 Å². The maximum atomic E-state index is 13.7. The van der Waals surface area contributed by atoms with Crippen molar-refractivity contribution in [2.75, 3.05) is 30.4 Å². The van der Waals surface area contributed by atoms with Gasteiger partial charge in [0.05, 0.1) is 11.6 Å². The number of benzene rings is 1. The molecule has 0 bridgehead atoms. The summed E-state index contributed by atoms with van der Waals surface area (Å²) in [5.41, 5.74) is -0.374. The third kappa shape index (κ3) is 4.44. The van der Waals surface area contributed by atoms with Gasteiger partial charge in [-0.2, -0.15) is 4.98 Å². The zero-order valence-electron chi connectivity index (χ0n) is 17.1. The van der Waals surface area contributed by atoms with E-state index in [1.165, 1.54) is 6.33 Å². The molecule has 9 nitrogen and oxygen atoms in total. The van der Waals surface area contributed by atoms with Gasteiger partial charge in [-0.1, -0.05) is 11.3 Å². The summed E-state index contributed by atoms with van der Waals surface area (Å²) < 4.78 is 28.1. The maximum absolute atomic E-state index is 13.7. The van der Waals surface area contributed by atoms with Gasteiger partial charge in [-0.25, -0.2) is 13.8 Å². The van der Waals surface area contributed by atoms with Crippen LogP contribution < -0.4 is 21.1 Å². The van der Waals surface area contributed by atoms with E-state index in [1.807, 2.05) is 4.90 Å². The monoisotopic (exact) mass is 462 g/mol. The van der Waals surface area contributed by atoms with E-state index in [9.17, 15) is 23.2 Å². The van der Waals surface area contributed by atoms with Crippen LogP contribution in [0.15, 0.2) is 29.3 Å². The minimum absolute atomic E-state index is 0.0279. The molecule has 1 aliphatic heterocycles. The lowest BCUT2D eigenvalue weighted by Crippen LogP contribution is -2.42. The quantitative estimate of drug-likeness (QED) is 0.598. The number of hydrogen-bond acceptors (Lipinski definition) is 7. The number of rotatable bonds is 5. The molecule has 0 radical (unpaired) electrons. The molecule has 3 heterocycles. The molecular weight excluding hydrogens is 442 g/mol. The highest BCUT2D eigenvalue weighted by atomic mass is 32.1. The standard InChI is InChI=1S/C20H20F2N6O3S/c1-23-18(30)11-3-2-6-27(8-11)20-26-17-16(32-20)19(31)28(10-24-17)9-15(29)25-14-5-4-12(21)7-13(14)22/h4-5,7,10-11H,2-3,6,8-9H2,1H3,(H,23,30)(H,25,29)/t11-/m0/s1. The Bertz CT molecular complexity index is 1240. The van der Waals surface area contributed by atoms with Crippen LogP contribution in [0.2, 0.25) is 0 Å². The van der Waals surface area contributed by atoms with Crippen LogP contribution in [0, 0.1) is 17.6 Å². The van der Waals surface area contributed by atoms with Crippen LogP contribution >= 0.6 is 11.3 Å². The molecule has 1 fully saturated rings. The van der Waals surface area contributed by atoms with Gasteiger partial charge in [-0.15, -0.1) is 0 Å². The van der Waals surface area contributed by atoms with E-state index in [0.717, 1.165) is 40.9 Å². The van der Waals surface area contributed by atoms with E-state index in [4.69, 9.17) is 0 Å². The first-order valence-corrected chi connectivity index (χ1v) is 10.7. The molecule has 3 aromatic rings. The van der Waals surface area contributed by atoms with Crippen molar-refractivity contribution >= 4 is 44.3 Å². The number of hydrogen-bond donors (Lipinski definition) is 2. The Morgan fingerprint density at radius 1 is 1.31 bits per heavy atom. The van der Waals surface area contributed by atoms with Crippen molar-refractivity contribution < 1.29 is 18.4 Å². The topological polar surface area (TPSA) is 109 Å². The van der Waals surface area contributed by atoms with Crippen molar-refractivity contribution in [3.63, 3.8) is 0 Å². The van der Waals surface area contributed by atoms with E-state index in [2.05, 4.69) is 20.6 Å². The number of carbonyl (C=O) groups is 2. The summed E-state index contributed by atoms with van der Waals surface area (Å²) in [6.45, 7) is 0.820. The third-order valence-corrected chi connectivity index (χ3v) is 6.29. The molecule has 0 unspecified atom stereocenters. The van der Waals surface area contributed by atoms with Gasteiger partial charge in [0.15, 0.2) is 10.8 Å². The summed E-state index contributed by atoms with van der Waals surface area (Å²) >= 11 is 1.15. The van der Waals surface area contributed by atoms with Crippen LogP contribution in [0.1, 0.15) is 12.8 Å². The van der Waals surface area contributed by atoms with Crippen molar-refractivity contribution in [3.8, 4) is 0 Å². The van der Waals surface area contributed by atoms with Gasteiger partial charge in [-0.3, -0.25) is 19.0 Å². The Morgan fingerprint density at radius 2 is 2.12 bits per heavy atom. The average Bonchev–Trinajstić information content (AvgIpc) is 3.22. The lowest BCUT2D eigenvalue weighted by Gasteiger charge is -2.31. The SMILES string of the molecule is CNC(=O)[C@H]1CCCN(c2nc3ncn(CC(=O)Nc4ccc(F)cc4F)c(=O)c3s2)C1. The largest absolute Gasteiger partial charge is 0.359 e. The van der Waals surface area contributed by atoms with E-state index in [1.54, 1.807) is 7.05 Å². The first-order chi connectivity index (χ1) is 15.4. The number of halogens is 2. The van der Waals surface area contributed by atoms with E-state index < -0.39 is 29.6 Å². The Morgan fingerprint density at radius 3 is 2.88 bits per heavy atom. The highest BCUT2D eigenvalue weighted by molar-refractivity contribution is 7.22. The van der Waals surface area contributed by atoms with Gasteiger partial charge in [0.25, 0.3) is 5.56 Å². The van der Waals surface area contributed by atoms with Gasteiger partial charge >= 0.3 is 0 Å². The van der Waals surface area contributed by atoms with Crippen molar-refractivity contribution in [1.82, 2.24) is 19.9 Å². The predicted molar refractivity (Wildman–Crippen MR) is 116 cm³/mol. The molecule has 1 aromatic carbocycles. The second-order valence-corrected chi connectivity index (χ2v) is 8.38. The molecule has 0 saturated carbocycles. The Hall–Kier alpha value is -3.41. The molecule has 2 amide bonds. The molecule has 0 aliphatic carbocycles. The molecular formula is C20H20F2N6O3S. The van der Waals surface area contributed by atoms with Crippen LogP contribution in [0.4, 0.5) is 19.6 Å². The number of carbonyl (C=O) groups excluding carboxylic acids is 2. The summed E-state index contributed by atoms with van der Waals surface area (Å²) in [6.07, 6.45) is 2.82. The molecule has 12 heteroatoms. The Kier molecular flexibility index (Phi) is 6.12. The number of piperidine rings is 1. The van der Waals surface area contributed by atoms with Crippen molar-refractivity contribution in [2.45, 2.75) is 19.4 Å². The first-order valence-electron chi connectivity index (χ1n) is 9.93. The van der Waals surface area contributed by atoms with E-state index in [0.29, 0.717) is 24.3 Å². The summed E-state index contributed by atoms with van der Waals surface area (Å²) in [5, 5.41) is 5.57. The van der Waals surface area contributed by atoms with Crippen LogP contribution in [0.25, 0.3) is 10.3 Å². The summed E-state index contributed by atoms with van der Waals surface area (Å²) in [4.78, 5) is 47.7. The minimum Gasteiger partial charge on any atom is -0.359 e. The number of thiazole rings is 1. The molecule has 0 spiro atoms. The van der Waals surface area contributed by atoms with Crippen molar-refractivity contribution in [3.05, 3.63) is 46.5 Å². The third-order valence-electron chi connectivity index (χ3n) is 5.20. The van der Waals surface area contributed by atoms with Gasteiger partial charge in [0.1, 0.15) is 29.2 Å². The number of nitrogens with one attached hydrogen (secondary N) is 2. The van der Waals surface area contributed by atoms with Crippen LogP contribution in [-0.4, -0.2) is 46.5 Å². The minimum atomic E-state index is -0.914. The zero-order chi connectivity index (χ0) is 22.8. The molecule has 2 N–H and O–H groups in total. The molecule has 1 saturated heterocycles. The second kappa shape index (κ2) is 8.99. The normalized spacial score (nSPS) is 16.2. The number of nitrogens with zero attached hydrogens (tertiary/aromatic N) is 4. The van der Waals surface area contributed by atoms with Gasteiger partial charge in [0, 0.05) is 26.2 Å². The van der Waals surface area contributed by atoms with Crippen LogP contribution in [0.3, 0.4) is 0 Å². The maximum Gasteiger partial charge on any atom is 0.273 e. The smallest absolute Gasteiger partial charge is 0.273 e. The van der Waals surface area contributed by atoms with Gasteiger partial charge in [0.2, 0.25) is 11.8 Å². The summed E-state index contributed by atoms with van der Waals surface area (Å²) in [6, 6.07) is 2.78. The van der Waals surface area contributed by atoms with Crippen molar-refractivity contribution in [2.24, 2.45) is 5.92 Å². The molecule has 1 atom stereocenters. The number of fused-ring (bicyclic) bond motifs is 1. The molecule has 4 rings (SSSR count). The predicted octanol–water partition coefficient (Wildman–Crippen LogP) is 1.73. The molecule has 1 aliphatic rings. The molecule has 32 heavy (non-hydrogen) atoms. The lowest BCUT2D eigenvalue weighted by molar-refractivity contribution is -0.124. The zero-order valence-corrected chi connectivity index (χ0v) is 17.9. The van der Waals surface area contributed by atoms with Crippen molar-refractivity contribution in [1.29, 1.82) is 0 Å². The number of aromatic nitrogens is 3. The lowest BCUT2D eigenvalue weighted by atomic mass is 9.98. The van der Waals surface area contributed by atoms with Gasteiger partial charge < -0.3 is 15.5 Å². The fourth-order valence-corrected chi connectivity index (χ4v) is 4.59. The second-order valence-electron chi connectivity index (χ2n) is 7.40. The Balaban J connectivity index is 1.52. The summed E-state index contributed by atoms with van der Waals surface area (Å²) in [7, 11) is 1.60. The summed E-state index contributed by atoms with van der Waals surface area (Å²) in [5.74, 6) is -2.51. The number of amides is 2. The average molecular weight is 462 g/mol. The fraction of sp³-hybridized carbons (Fsp3) is 0.350. The fourth-order valence-electron chi connectivity index (χ4n) is 3.59. The van der Waals surface area contributed by atoms with Crippen LogP contribution in [0.5, 0.6) is 0 Å². The first kappa shape index (κ1) is 21.8. The highest BCUT2D eigenvalue weighted by Gasteiger charge is 2.27. The number of anilines is 2. The highest BCUT2D eigenvalue weighted by Crippen LogP contribution is 2.29. The molecule has 2 aromatic heterocycles. The van der Waals surface area contributed by atoms with E-state index >= 15 is 0 Å². The van der Waals surface area contributed by atoms with Gasteiger partial charge in [-0.05, 0) is 25.0 Å².